The molecule has 1 amide bonds. The average Bonchev–Trinajstić information content (AvgIpc) is 2.95. The molecule has 0 saturated heterocycles. The molecule has 0 unspecified atom stereocenters. The van der Waals surface area contributed by atoms with Crippen LogP contribution in [0.4, 0.5) is 0 Å². The Morgan fingerprint density at radius 3 is 2.79 bits per heavy atom. The van der Waals surface area contributed by atoms with Crippen molar-refractivity contribution >= 4 is 35.1 Å². The quantitative estimate of drug-likeness (QED) is 0.311. The first kappa shape index (κ1) is 19.9. The lowest BCUT2D eigenvalue weighted by atomic mass is 9.93. The zero-order valence-corrected chi connectivity index (χ0v) is 16.6. The maximum Gasteiger partial charge on any atom is 0.325 e. The summed E-state index contributed by atoms with van der Waals surface area (Å²) >= 11 is 12.4. The van der Waals surface area contributed by atoms with E-state index in [4.69, 9.17) is 28.7 Å². The number of aromatic nitrogens is 1. The molecule has 0 N–H and O–H groups in total. The first-order valence-corrected chi connectivity index (χ1v) is 8.97. The van der Waals surface area contributed by atoms with Gasteiger partial charge in [-0.25, -0.2) is 0 Å². The fraction of sp³-hybridized carbons (Fsp3) is 0.278. The highest BCUT2D eigenvalue weighted by Gasteiger charge is 2.35. The molecule has 2 heterocycles. The van der Waals surface area contributed by atoms with Crippen molar-refractivity contribution in [3.05, 3.63) is 61.2 Å². The fourth-order valence-electron chi connectivity index (χ4n) is 3.19. The molecule has 1 aromatic carbocycles. The van der Waals surface area contributed by atoms with Crippen molar-refractivity contribution in [3.8, 4) is 11.1 Å². The predicted octanol–water partition coefficient (Wildman–Crippen LogP) is 4.30. The Bertz CT molecular complexity index is 1030. The molecule has 0 bridgehead atoms. The van der Waals surface area contributed by atoms with E-state index in [1.165, 1.54) is 12.0 Å². The number of nitrogens with zero attached hydrogens (tertiary/aromatic N) is 5. The number of pyridine rings is 1. The van der Waals surface area contributed by atoms with Crippen molar-refractivity contribution in [1.82, 2.24) is 9.88 Å². The molecular formula is C18H15Cl2N5O3. The number of rotatable bonds is 5. The van der Waals surface area contributed by atoms with E-state index < -0.39 is 5.97 Å². The van der Waals surface area contributed by atoms with E-state index in [1.807, 2.05) is 0 Å². The molecule has 2 aromatic rings. The van der Waals surface area contributed by atoms with Gasteiger partial charge in [0.15, 0.2) is 0 Å². The highest BCUT2D eigenvalue weighted by molar-refractivity contribution is 6.36. The molecule has 8 nitrogen and oxygen atoms in total. The summed E-state index contributed by atoms with van der Waals surface area (Å²) in [7, 11) is 1.26. The summed E-state index contributed by atoms with van der Waals surface area (Å²) in [6.45, 7) is 1.75. The largest absolute Gasteiger partial charge is 0.468 e. The lowest BCUT2D eigenvalue weighted by molar-refractivity contribution is -0.141. The standard InChI is InChI=1S/C18H15Cl2N5O3/c1-9-12(6-22-24-21)16(11-4-3-10(19)5-13(11)20)17-14(23-9)7-25(18(17)27)8-15(26)28-2/h3-5H,6-8H2,1-2H3. The number of esters is 1. The van der Waals surface area contributed by atoms with Gasteiger partial charge < -0.3 is 9.64 Å². The number of azide groups is 1. The van der Waals surface area contributed by atoms with Gasteiger partial charge in [-0.05, 0) is 30.2 Å². The van der Waals surface area contributed by atoms with Gasteiger partial charge in [0, 0.05) is 31.8 Å². The zero-order chi connectivity index (χ0) is 20.4. The molecule has 1 aliphatic rings. The Kier molecular flexibility index (Phi) is 5.74. The van der Waals surface area contributed by atoms with E-state index in [-0.39, 0.29) is 25.5 Å². The number of aryl methyl sites for hydroxylation is 1. The molecule has 0 fully saturated rings. The molecule has 0 saturated carbocycles. The SMILES string of the molecule is COC(=O)CN1Cc2nc(C)c(CN=[N+]=[N-])c(-c3ccc(Cl)cc3Cl)c2C1=O. The normalized spacial score (nSPS) is 12.6. The van der Waals surface area contributed by atoms with Crippen molar-refractivity contribution in [2.75, 3.05) is 13.7 Å². The number of halogens is 2. The molecule has 28 heavy (non-hydrogen) atoms. The Morgan fingerprint density at radius 2 is 2.14 bits per heavy atom. The van der Waals surface area contributed by atoms with Crippen LogP contribution in [0.3, 0.4) is 0 Å². The van der Waals surface area contributed by atoms with Gasteiger partial charge in [-0.2, -0.15) is 0 Å². The first-order valence-electron chi connectivity index (χ1n) is 8.22. The van der Waals surface area contributed by atoms with Crippen LogP contribution in [0.5, 0.6) is 0 Å². The molecule has 0 spiro atoms. The van der Waals surface area contributed by atoms with Crippen molar-refractivity contribution in [1.29, 1.82) is 0 Å². The number of amides is 1. The van der Waals surface area contributed by atoms with E-state index in [9.17, 15) is 9.59 Å². The summed E-state index contributed by atoms with van der Waals surface area (Å²) in [5.41, 5.74) is 11.9. The molecule has 10 heteroatoms. The second kappa shape index (κ2) is 8.06. The van der Waals surface area contributed by atoms with Crippen LogP contribution in [0.2, 0.25) is 10.0 Å². The van der Waals surface area contributed by atoms with Gasteiger partial charge in [0.1, 0.15) is 6.54 Å². The summed E-state index contributed by atoms with van der Waals surface area (Å²) in [4.78, 5) is 33.4. The summed E-state index contributed by atoms with van der Waals surface area (Å²) in [5, 5.41) is 4.44. The average molecular weight is 420 g/mol. The summed E-state index contributed by atoms with van der Waals surface area (Å²) in [6, 6.07) is 4.94. The third kappa shape index (κ3) is 3.62. The van der Waals surface area contributed by atoms with Gasteiger partial charge in [-0.3, -0.25) is 14.6 Å². The monoisotopic (exact) mass is 419 g/mol. The van der Waals surface area contributed by atoms with Gasteiger partial charge in [-0.15, -0.1) is 0 Å². The van der Waals surface area contributed by atoms with E-state index in [0.29, 0.717) is 43.7 Å². The van der Waals surface area contributed by atoms with Crippen LogP contribution in [0, 0.1) is 6.92 Å². The molecule has 0 aliphatic carbocycles. The molecule has 1 aliphatic heterocycles. The van der Waals surface area contributed by atoms with Crippen molar-refractivity contribution < 1.29 is 14.3 Å². The number of fused-ring (bicyclic) bond motifs is 1. The Morgan fingerprint density at radius 1 is 1.39 bits per heavy atom. The number of ether oxygens (including phenoxy) is 1. The molecule has 1 aromatic heterocycles. The molecular weight excluding hydrogens is 405 g/mol. The Balaban J connectivity index is 2.24. The Labute approximate surface area is 170 Å². The van der Waals surface area contributed by atoms with Crippen LogP contribution < -0.4 is 0 Å². The van der Waals surface area contributed by atoms with Crippen molar-refractivity contribution in [3.63, 3.8) is 0 Å². The minimum absolute atomic E-state index is 0.00117. The Hall–Kier alpha value is -2.80. The van der Waals surface area contributed by atoms with Crippen molar-refractivity contribution in [2.24, 2.45) is 5.11 Å². The highest BCUT2D eigenvalue weighted by Crippen LogP contribution is 2.40. The number of benzene rings is 1. The van der Waals surface area contributed by atoms with Crippen LogP contribution in [0.25, 0.3) is 21.6 Å². The fourth-order valence-corrected chi connectivity index (χ4v) is 3.69. The minimum atomic E-state index is -0.529. The molecule has 144 valence electrons. The second-order valence-corrected chi connectivity index (χ2v) is 6.97. The summed E-state index contributed by atoms with van der Waals surface area (Å²) in [6.07, 6.45) is 0. The number of carbonyl (C=O) groups excluding carboxylic acids is 2. The van der Waals surface area contributed by atoms with E-state index >= 15 is 0 Å². The zero-order valence-electron chi connectivity index (χ0n) is 15.1. The third-order valence-electron chi connectivity index (χ3n) is 4.46. The molecule has 0 radical (unpaired) electrons. The van der Waals surface area contributed by atoms with Crippen LogP contribution in [-0.4, -0.2) is 35.4 Å². The van der Waals surface area contributed by atoms with Crippen LogP contribution >= 0.6 is 23.2 Å². The van der Waals surface area contributed by atoms with Gasteiger partial charge >= 0.3 is 5.97 Å². The van der Waals surface area contributed by atoms with E-state index in [1.54, 1.807) is 25.1 Å². The smallest absolute Gasteiger partial charge is 0.325 e. The van der Waals surface area contributed by atoms with Gasteiger partial charge in [0.05, 0.1) is 31.5 Å². The van der Waals surface area contributed by atoms with Crippen molar-refractivity contribution in [2.45, 2.75) is 20.0 Å². The number of methoxy groups -OCH3 is 1. The lowest BCUT2D eigenvalue weighted by Crippen LogP contribution is -2.30. The van der Waals surface area contributed by atoms with Gasteiger partial charge in [-0.1, -0.05) is 34.4 Å². The maximum absolute atomic E-state index is 13.1. The lowest BCUT2D eigenvalue weighted by Gasteiger charge is -2.16. The maximum atomic E-state index is 13.1. The number of hydrogen-bond acceptors (Lipinski definition) is 5. The highest BCUT2D eigenvalue weighted by atomic mass is 35.5. The van der Waals surface area contributed by atoms with E-state index in [2.05, 4.69) is 19.7 Å². The van der Waals surface area contributed by atoms with Crippen LogP contribution in [0.1, 0.15) is 27.3 Å². The number of hydrogen-bond donors (Lipinski definition) is 0. The molecule has 0 atom stereocenters. The van der Waals surface area contributed by atoms with Crippen LogP contribution in [0.15, 0.2) is 23.3 Å². The number of carbonyl (C=O) groups is 2. The second-order valence-electron chi connectivity index (χ2n) is 6.12. The van der Waals surface area contributed by atoms with Gasteiger partial charge in [0.25, 0.3) is 5.91 Å². The van der Waals surface area contributed by atoms with Gasteiger partial charge in [0.2, 0.25) is 0 Å². The third-order valence-corrected chi connectivity index (χ3v) is 5.01. The minimum Gasteiger partial charge on any atom is -0.468 e. The first-order chi connectivity index (χ1) is 13.4. The topological polar surface area (TPSA) is 108 Å². The van der Waals surface area contributed by atoms with Crippen LogP contribution in [-0.2, 0) is 22.6 Å². The predicted molar refractivity (Wildman–Crippen MR) is 104 cm³/mol. The summed E-state index contributed by atoms with van der Waals surface area (Å²) in [5.74, 6) is -0.894. The summed E-state index contributed by atoms with van der Waals surface area (Å²) < 4.78 is 4.66. The van der Waals surface area contributed by atoms with E-state index in [0.717, 1.165) is 0 Å². The molecule has 3 rings (SSSR count).